The predicted molar refractivity (Wildman–Crippen MR) is 98.5 cm³/mol. The molecule has 0 bridgehead atoms. The minimum absolute atomic E-state index is 0.000377. The van der Waals surface area contributed by atoms with E-state index >= 15 is 0 Å². The van der Waals surface area contributed by atoms with E-state index in [4.69, 9.17) is 9.57 Å². The van der Waals surface area contributed by atoms with E-state index < -0.39 is 40.9 Å². The summed E-state index contributed by atoms with van der Waals surface area (Å²) in [6.07, 6.45) is 2.53. The Balaban J connectivity index is 1.84. The molecule has 2 aliphatic rings. The standard InChI is InChI=1S/C18H21N3O6S/c1-18(2,3)26-17(25)20-12(10-28-15(20)11-5-4-8-19-9-11)16(24)27-21-13(22)6-7-14(21)23/h4-5,8-9,12,15H,6-7,10H2,1-3H3. The minimum atomic E-state index is -1.01. The molecule has 1 aromatic rings. The second-order valence-electron chi connectivity index (χ2n) is 7.37. The lowest BCUT2D eigenvalue weighted by Gasteiger charge is -2.31. The molecule has 2 fully saturated rings. The second-order valence-corrected chi connectivity index (χ2v) is 8.48. The van der Waals surface area contributed by atoms with Crippen molar-refractivity contribution in [3.05, 3.63) is 30.1 Å². The molecule has 2 aliphatic heterocycles. The van der Waals surface area contributed by atoms with E-state index in [0.717, 1.165) is 5.56 Å². The van der Waals surface area contributed by atoms with Crippen molar-refractivity contribution in [2.24, 2.45) is 0 Å². The summed E-state index contributed by atoms with van der Waals surface area (Å²) in [7, 11) is 0. The van der Waals surface area contributed by atoms with Gasteiger partial charge in [-0.15, -0.1) is 16.8 Å². The number of hydrogen-bond donors (Lipinski definition) is 0. The molecule has 10 heteroatoms. The summed E-state index contributed by atoms with van der Waals surface area (Å²) >= 11 is 1.35. The monoisotopic (exact) mass is 407 g/mol. The van der Waals surface area contributed by atoms with Crippen molar-refractivity contribution in [1.29, 1.82) is 0 Å². The molecule has 0 radical (unpaired) electrons. The van der Waals surface area contributed by atoms with Crippen LogP contribution in [0.2, 0.25) is 0 Å². The van der Waals surface area contributed by atoms with Gasteiger partial charge in [-0.1, -0.05) is 6.07 Å². The van der Waals surface area contributed by atoms with Crippen LogP contribution >= 0.6 is 11.8 Å². The van der Waals surface area contributed by atoms with E-state index in [0.29, 0.717) is 5.06 Å². The number of ether oxygens (including phenoxy) is 1. The Morgan fingerprint density at radius 2 is 1.89 bits per heavy atom. The van der Waals surface area contributed by atoms with E-state index in [-0.39, 0.29) is 18.6 Å². The Bertz CT molecular complexity index is 778. The zero-order chi connectivity index (χ0) is 20.5. The molecule has 0 aromatic carbocycles. The van der Waals surface area contributed by atoms with Gasteiger partial charge < -0.3 is 9.57 Å². The molecule has 0 aliphatic carbocycles. The minimum Gasteiger partial charge on any atom is -0.444 e. The van der Waals surface area contributed by atoms with Crippen LogP contribution in [0.4, 0.5) is 4.79 Å². The molecule has 2 unspecified atom stereocenters. The Hall–Kier alpha value is -2.62. The Morgan fingerprint density at radius 1 is 1.21 bits per heavy atom. The summed E-state index contributed by atoms with van der Waals surface area (Å²) in [5.41, 5.74) is -0.0407. The van der Waals surface area contributed by atoms with E-state index in [1.807, 2.05) is 0 Å². The summed E-state index contributed by atoms with van der Waals surface area (Å²) < 4.78 is 5.46. The number of rotatable bonds is 3. The van der Waals surface area contributed by atoms with Gasteiger partial charge in [-0.05, 0) is 26.8 Å². The summed E-state index contributed by atoms with van der Waals surface area (Å²) in [4.78, 5) is 59.4. The van der Waals surface area contributed by atoms with Crippen molar-refractivity contribution >= 4 is 35.6 Å². The highest BCUT2D eigenvalue weighted by molar-refractivity contribution is 7.99. The highest BCUT2D eigenvalue weighted by Crippen LogP contribution is 2.42. The molecule has 9 nitrogen and oxygen atoms in total. The third-order valence-electron chi connectivity index (χ3n) is 4.03. The van der Waals surface area contributed by atoms with Crippen LogP contribution in [0.1, 0.15) is 44.6 Å². The largest absolute Gasteiger partial charge is 0.444 e. The van der Waals surface area contributed by atoms with Gasteiger partial charge in [0.05, 0.1) is 0 Å². The molecule has 2 saturated heterocycles. The van der Waals surface area contributed by atoms with Gasteiger partial charge in [-0.3, -0.25) is 19.5 Å². The first-order valence-electron chi connectivity index (χ1n) is 8.78. The third-order valence-corrected chi connectivity index (χ3v) is 5.36. The highest BCUT2D eigenvalue weighted by atomic mass is 32.2. The van der Waals surface area contributed by atoms with Crippen LogP contribution in [0.15, 0.2) is 24.5 Å². The van der Waals surface area contributed by atoms with E-state index in [2.05, 4.69) is 4.98 Å². The summed E-state index contributed by atoms with van der Waals surface area (Å²) in [6.45, 7) is 5.17. The van der Waals surface area contributed by atoms with E-state index in [1.54, 1.807) is 45.3 Å². The fourth-order valence-electron chi connectivity index (χ4n) is 2.81. The molecule has 0 N–H and O–H groups in total. The van der Waals surface area contributed by atoms with Gasteiger partial charge >= 0.3 is 12.1 Å². The van der Waals surface area contributed by atoms with Gasteiger partial charge in [0.15, 0.2) is 0 Å². The number of thioether (sulfide) groups is 1. The number of nitrogens with zero attached hydrogens (tertiary/aromatic N) is 3. The van der Waals surface area contributed by atoms with Crippen molar-refractivity contribution in [2.45, 2.75) is 50.6 Å². The number of pyridine rings is 1. The number of imide groups is 1. The average molecular weight is 407 g/mol. The molecular formula is C18H21N3O6S. The van der Waals surface area contributed by atoms with Crippen LogP contribution in [-0.4, -0.2) is 56.2 Å². The SMILES string of the molecule is CC(C)(C)OC(=O)N1C(C(=O)ON2C(=O)CCC2=O)CSC1c1cccnc1. The van der Waals surface area contributed by atoms with Gasteiger partial charge in [0.2, 0.25) is 0 Å². The number of hydrogen-bond acceptors (Lipinski definition) is 8. The normalized spacial score (nSPS) is 22.5. The summed E-state index contributed by atoms with van der Waals surface area (Å²) in [5.74, 6) is -1.77. The van der Waals surface area contributed by atoms with Gasteiger partial charge in [0, 0.05) is 36.6 Å². The van der Waals surface area contributed by atoms with Crippen molar-refractivity contribution in [3.63, 3.8) is 0 Å². The molecule has 3 rings (SSSR count). The summed E-state index contributed by atoms with van der Waals surface area (Å²) in [5, 5.41) is -0.0245. The van der Waals surface area contributed by atoms with E-state index in [1.165, 1.54) is 16.7 Å². The molecule has 150 valence electrons. The summed E-state index contributed by atoms with van der Waals surface area (Å²) in [6, 6.07) is 2.52. The molecule has 28 heavy (non-hydrogen) atoms. The maximum Gasteiger partial charge on any atom is 0.412 e. The van der Waals surface area contributed by atoms with Gasteiger partial charge in [-0.2, -0.15) is 0 Å². The number of carbonyl (C=O) groups excluding carboxylic acids is 4. The number of carbonyl (C=O) groups is 4. The smallest absolute Gasteiger partial charge is 0.412 e. The van der Waals surface area contributed by atoms with Crippen molar-refractivity contribution in [2.75, 3.05) is 5.75 Å². The van der Waals surface area contributed by atoms with Crippen molar-refractivity contribution in [1.82, 2.24) is 14.9 Å². The van der Waals surface area contributed by atoms with E-state index in [9.17, 15) is 19.2 Å². The first-order valence-corrected chi connectivity index (χ1v) is 9.82. The van der Waals surface area contributed by atoms with Crippen molar-refractivity contribution < 1.29 is 28.8 Å². The zero-order valence-electron chi connectivity index (χ0n) is 15.8. The molecule has 0 saturated carbocycles. The number of aromatic nitrogens is 1. The Kier molecular flexibility index (Phi) is 5.59. The van der Waals surface area contributed by atoms with Crippen LogP contribution in [0.5, 0.6) is 0 Å². The maximum absolute atomic E-state index is 12.8. The molecule has 3 amide bonds. The Labute approximate surface area is 166 Å². The second kappa shape index (κ2) is 7.78. The van der Waals surface area contributed by atoms with Crippen LogP contribution in [0.3, 0.4) is 0 Å². The third kappa shape index (κ3) is 4.27. The van der Waals surface area contributed by atoms with Crippen LogP contribution in [0.25, 0.3) is 0 Å². The topological polar surface area (TPSA) is 106 Å². The molecule has 1 aromatic heterocycles. The fraction of sp³-hybridized carbons (Fsp3) is 0.500. The van der Waals surface area contributed by atoms with Crippen LogP contribution < -0.4 is 0 Å². The van der Waals surface area contributed by atoms with Gasteiger partial charge in [0.1, 0.15) is 17.0 Å². The molecule has 0 spiro atoms. The quantitative estimate of drug-likeness (QED) is 0.701. The van der Waals surface area contributed by atoms with Crippen LogP contribution in [0, 0.1) is 0 Å². The highest BCUT2D eigenvalue weighted by Gasteiger charge is 2.47. The number of amides is 3. The maximum atomic E-state index is 12.8. The predicted octanol–water partition coefficient (Wildman–Crippen LogP) is 2.04. The zero-order valence-corrected chi connectivity index (χ0v) is 16.6. The van der Waals surface area contributed by atoms with Crippen LogP contribution in [-0.2, 0) is 24.0 Å². The first kappa shape index (κ1) is 20.1. The molecular weight excluding hydrogens is 386 g/mol. The first-order chi connectivity index (χ1) is 13.2. The molecule has 2 atom stereocenters. The molecule has 3 heterocycles. The van der Waals surface area contributed by atoms with Crippen molar-refractivity contribution in [3.8, 4) is 0 Å². The Morgan fingerprint density at radius 3 is 2.46 bits per heavy atom. The lowest BCUT2D eigenvalue weighted by Crippen LogP contribution is -2.48. The fourth-order valence-corrected chi connectivity index (χ4v) is 4.20. The number of hydroxylamine groups is 2. The lowest BCUT2D eigenvalue weighted by molar-refractivity contribution is -0.200. The average Bonchev–Trinajstić information content (AvgIpc) is 3.20. The van der Waals surface area contributed by atoms with Gasteiger partial charge in [0.25, 0.3) is 11.8 Å². The lowest BCUT2D eigenvalue weighted by atomic mass is 10.2. The van der Waals surface area contributed by atoms with Gasteiger partial charge in [-0.25, -0.2) is 9.59 Å².